The van der Waals surface area contributed by atoms with Gasteiger partial charge in [0.2, 0.25) is 0 Å². The summed E-state index contributed by atoms with van der Waals surface area (Å²) in [7, 11) is 0. The third-order valence-corrected chi connectivity index (χ3v) is 1.91. The fourth-order valence-corrected chi connectivity index (χ4v) is 1.12. The number of carboxylic acid groups (broad SMARTS) is 1. The van der Waals surface area contributed by atoms with E-state index in [0.717, 1.165) is 17.2 Å². The molecule has 1 aromatic rings. The highest BCUT2D eigenvalue weighted by atomic mass is 79.9. The summed E-state index contributed by atoms with van der Waals surface area (Å²) in [5.41, 5.74) is 1.77. The van der Waals surface area contributed by atoms with Crippen LogP contribution < -0.4 is 0 Å². The Labute approximate surface area is 96.8 Å². The van der Waals surface area contributed by atoms with Gasteiger partial charge in [0.25, 0.3) is 0 Å². The summed E-state index contributed by atoms with van der Waals surface area (Å²) in [6.45, 7) is 0. The van der Waals surface area contributed by atoms with Crippen molar-refractivity contribution >= 4 is 28.0 Å². The third-order valence-electron chi connectivity index (χ3n) is 1.63. The number of benzene rings is 1. The van der Waals surface area contributed by atoms with E-state index in [0.29, 0.717) is 5.33 Å². The highest BCUT2D eigenvalue weighted by Crippen LogP contribution is 2.05. The number of halogens is 1. The van der Waals surface area contributed by atoms with E-state index in [1.807, 2.05) is 24.3 Å². The van der Waals surface area contributed by atoms with E-state index >= 15 is 0 Å². The Kier molecular flexibility index (Phi) is 4.65. The van der Waals surface area contributed by atoms with Crippen molar-refractivity contribution < 1.29 is 9.90 Å². The lowest BCUT2D eigenvalue weighted by molar-refractivity contribution is -0.131. The Bertz CT molecular complexity index is 421. The molecule has 0 aliphatic carbocycles. The van der Waals surface area contributed by atoms with Gasteiger partial charge < -0.3 is 5.11 Å². The summed E-state index contributed by atoms with van der Waals surface area (Å²) in [6, 6.07) is 7.38. The van der Waals surface area contributed by atoms with Gasteiger partial charge in [0, 0.05) is 11.6 Å². The van der Waals surface area contributed by atoms with Crippen molar-refractivity contribution in [3.8, 4) is 11.8 Å². The maximum absolute atomic E-state index is 10.3. The molecule has 0 bridgehead atoms. The molecule has 0 atom stereocenters. The zero-order valence-corrected chi connectivity index (χ0v) is 9.49. The maximum Gasteiger partial charge on any atom is 0.328 e. The number of hydrogen-bond donors (Lipinski definition) is 1. The molecule has 0 spiro atoms. The van der Waals surface area contributed by atoms with Crippen LogP contribution in [0.3, 0.4) is 0 Å². The summed E-state index contributed by atoms with van der Waals surface area (Å²) in [5.74, 6) is 4.89. The standard InChI is InChI=1S/C12H9BrO2/c13-9-1-2-10-3-5-11(6-4-10)7-8-12(14)15/h3-8H,9H2,(H,14,15)/b8-7+. The van der Waals surface area contributed by atoms with Gasteiger partial charge in [0.15, 0.2) is 0 Å². The first kappa shape index (κ1) is 11.5. The molecule has 0 saturated heterocycles. The zero-order chi connectivity index (χ0) is 11.1. The minimum absolute atomic E-state index is 0.646. The van der Waals surface area contributed by atoms with E-state index in [4.69, 9.17) is 5.11 Å². The molecule has 1 aromatic carbocycles. The second-order valence-electron chi connectivity index (χ2n) is 2.73. The van der Waals surface area contributed by atoms with Crippen LogP contribution in [0.2, 0.25) is 0 Å². The molecule has 3 heteroatoms. The predicted octanol–water partition coefficient (Wildman–Crippen LogP) is 2.53. The SMILES string of the molecule is O=C(O)/C=C/c1ccc(C#CCBr)cc1. The van der Waals surface area contributed by atoms with E-state index < -0.39 is 5.97 Å². The molecule has 15 heavy (non-hydrogen) atoms. The minimum Gasteiger partial charge on any atom is -0.478 e. The van der Waals surface area contributed by atoms with E-state index in [1.54, 1.807) is 6.08 Å². The van der Waals surface area contributed by atoms with Gasteiger partial charge in [-0.05, 0) is 23.8 Å². The van der Waals surface area contributed by atoms with Gasteiger partial charge in [-0.15, -0.1) is 0 Å². The van der Waals surface area contributed by atoms with Crippen molar-refractivity contribution in [3.63, 3.8) is 0 Å². The van der Waals surface area contributed by atoms with Gasteiger partial charge in [0.05, 0.1) is 5.33 Å². The van der Waals surface area contributed by atoms with Crippen molar-refractivity contribution in [2.24, 2.45) is 0 Å². The molecule has 0 radical (unpaired) electrons. The molecule has 76 valence electrons. The first-order valence-corrected chi connectivity index (χ1v) is 5.40. The van der Waals surface area contributed by atoms with Crippen molar-refractivity contribution in [1.29, 1.82) is 0 Å². The molecule has 0 amide bonds. The largest absolute Gasteiger partial charge is 0.478 e. The number of rotatable bonds is 2. The molecular formula is C12H9BrO2. The normalized spacial score (nSPS) is 9.67. The topological polar surface area (TPSA) is 37.3 Å². The summed E-state index contributed by atoms with van der Waals surface area (Å²) in [6.07, 6.45) is 2.66. The average Bonchev–Trinajstić information content (AvgIpc) is 2.25. The van der Waals surface area contributed by atoms with Crippen LogP contribution in [0.4, 0.5) is 0 Å². The second-order valence-corrected chi connectivity index (χ2v) is 3.29. The second kappa shape index (κ2) is 6.05. The number of aliphatic carboxylic acids is 1. The van der Waals surface area contributed by atoms with E-state index in [-0.39, 0.29) is 0 Å². The van der Waals surface area contributed by atoms with Crippen molar-refractivity contribution in [3.05, 3.63) is 41.5 Å². The van der Waals surface area contributed by atoms with Crippen LogP contribution in [0.1, 0.15) is 11.1 Å². The molecule has 0 unspecified atom stereocenters. The molecule has 0 aromatic heterocycles. The number of alkyl halides is 1. The van der Waals surface area contributed by atoms with Crippen molar-refractivity contribution in [2.45, 2.75) is 0 Å². The minimum atomic E-state index is -0.946. The van der Waals surface area contributed by atoms with Crippen LogP contribution in [0.25, 0.3) is 6.08 Å². The first-order valence-electron chi connectivity index (χ1n) is 4.28. The molecule has 0 aliphatic rings. The maximum atomic E-state index is 10.3. The quantitative estimate of drug-likeness (QED) is 0.507. The van der Waals surface area contributed by atoms with E-state index in [1.165, 1.54) is 0 Å². The lowest BCUT2D eigenvalue weighted by Gasteiger charge is -1.92. The van der Waals surface area contributed by atoms with Crippen LogP contribution in [-0.2, 0) is 4.79 Å². The van der Waals surface area contributed by atoms with Crippen LogP contribution in [-0.4, -0.2) is 16.4 Å². The fraction of sp³-hybridized carbons (Fsp3) is 0.0833. The van der Waals surface area contributed by atoms with Crippen molar-refractivity contribution in [2.75, 3.05) is 5.33 Å². The Morgan fingerprint density at radius 2 is 2.07 bits per heavy atom. The Morgan fingerprint density at radius 1 is 1.40 bits per heavy atom. The van der Waals surface area contributed by atoms with Crippen molar-refractivity contribution in [1.82, 2.24) is 0 Å². The van der Waals surface area contributed by atoms with E-state index in [2.05, 4.69) is 27.8 Å². The molecule has 0 heterocycles. The predicted molar refractivity (Wildman–Crippen MR) is 63.8 cm³/mol. The van der Waals surface area contributed by atoms with Gasteiger partial charge in [-0.3, -0.25) is 0 Å². The highest BCUT2D eigenvalue weighted by molar-refractivity contribution is 9.09. The van der Waals surface area contributed by atoms with Crippen LogP contribution >= 0.6 is 15.9 Å². The summed E-state index contributed by atoms with van der Waals surface area (Å²) >= 11 is 3.21. The van der Waals surface area contributed by atoms with Crippen LogP contribution in [0, 0.1) is 11.8 Å². The molecule has 1 N–H and O–H groups in total. The molecule has 0 fully saturated rings. The fourth-order valence-electron chi connectivity index (χ4n) is 0.981. The van der Waals surface area contributed by atoms with Crippen LogP contribution in [0.15, 0.2) is 30.3 Å². The zero-order valence-electron chi connectivity index (χ0n) is 7.90. The Balaban J connectivity index is 2.76. The third kappa shape index (κ3) is 4.48. The summed E-state index contributed by atoms with van der Waals surface area (Å²) in [5, 5.41) is 9.08. The molecule has 2 nitrogen and oxygen atoms in total. The Morgan fingerprint density at radius 3 is 2.60 bits per heavy atom. The van der Waals surface area contributed by atoms with Gasteiger partial charge in [-0.2, -0.15) is 0 Å². The first-order chi connectivity index (χ1) is 7.22. The smallest absolute Gasteiger partial charge is 0.328 e. The number of carbonyl (C=O) groups is 1. The lowest BCUT2D eigenvalue weighted by Crippen LogP contribution is -1.85. The molecular weight excluding hydrogens is 256 g/mol. The monoisotopic (exact) mass is 264 g/mol. The van der Waals surface area contributed by atoms with E-state index in [9.17, 15) is 4.79 Å². The Hall–Kier alpha value is -1.53. The number of hydrogen-bond acceptors (Lipinski definition) is 1. The molecule has 0 saturated carbocycles. The molecule has 0 aliphatic heterocycles. The van der Waals surface area contributed by atoms with Gasteiger partial charge >= 0.3 is 5.97 Å². The summed E-state index contributed by atoms with van der Waals surface area (Å²) < 4.78 is 0. The number of carboxylic acids is 1. The van der Waals surface area contributed by atoms with Gasteiger partial charge in [0.1, 0.15) is 0 Å². The van der Waals surface area contributed by atoms with Gasteiger partial charge in [-0.25, -0.2) is 4.79 Å². The van der Waals surface area contributed by atoms with Crippen LogP contribution in [0.5, 0.6) is 0 Å². The average molecular weight is 265 g/mol. The van der Waals surface area contributed by atoms with Gasteiger partial charge in [-0.1, -0.05) is 39.9 Å². The lowest BCUT2D eigenvalue weighted by atomic mass is 10.1. The summed E-state index contributed by atoms with van der Waals surface area (Å²) in [4.78, 5) is 10.3. The highest BCUT2D eigenvalue weighted by Gasteiger charge is 1.90. The molecule has 1 rings (SSSR count).